The van der Waals surface area contributed by atoms with Crippen molar-refractivity contribution in [3.05, 3.63) is 60.2 Å². The van der Waals surface area contributed by atoms with Crippen molar-refractivity contribution in [1.82, 2.24) is 4.98 Å². The lowest BCUT2D eigenvalue weighted by atomic mass is 10.2. The number of aryl methyl sites for hydroxylation is 1. The molecule has 1 rings (SSSR count). The minimum atomic E-state index is 0.510. The molecular weight excluding hydrogens is 226 g/mol. The van der Waals surface area contributed by atoms with Crippen LogP contribution < -0.4 is 4.74 Å². The van der Waals surface area contributed by atoms with Crippen LogP contribution in [0.2, 0.25) is 0 Å². The fraction of sp³-hybridized carbons (Fsp3) is 0.267. The van der Waals surface area contributed by atoms with Gasteiger partial charge in [-0.05, 0) is 43.7 Å². The summed E-state index contributed by atoms with van der Waals surface area (Å²) in [5.41, 5.74) is 1.82. The molecule has 1 heterocycles. The SMILES string of the molecule is C=C/C(=C\C(=C/C)Oc1cccnc1C)COC. The summed E-state index contributed by atoms with van der Waals surface area (Å²) in [5, 5.41) is 0. The van der Waals surface area contributed by atoms with Crippen molar-refractivity contribution in [3.8, 4) is 5.75 Å². The summed E-state index contributed by atoms with van der Waals surface area (Å²) in [7, 11) is 1.65. The molecule has 3 nitrogen and oxygen atoms in total. The van der Waals surface area contributed by atoms with Gasteiger partial charge >= 0.3 is 0 Å². The first-order valence-corrected chi connectivity index (χ1v) is 5.79. The zero-order valence-corrected chi connectivity index (χ0v) is 11.1. The minimum absolute atomic E-state index is 0.510. The molecule has 0 aliphatic heterocycles. The van der Waals surface area contributed by atoms with Crippen molar-refractivity contribution >= 4 is 0 Å². The van der Waals surface area contributed by atoms with Crippen molar-refractivity contribution < 1.29 is 9.47 Å². The number of rotatable bonds is 6. The third kappa shape index (κ3) is 4.18. The molecule has 0 radical (unpaired) electrons. The maximum atomic E-state index is 5.79. The molecule has 0 spiro atoms. The van der Waals surface area contributed by atoms with Crippen LogP contribution in [0.4, 0.5) is 0 Å². The number of methoxy groups -OCH3 is 1. The lowest BCUT2D eigenvalue weighted by molar-refractivity contribution is 0.228. The first kappa shape index (κ1) is 14.2. The second kappa shape index (κ2) is 7.45. The molecule has 0 saturated carbocycles. The fourth-order valence-corrected chi connectivity index (χ4v) is 1.38. The van der Waals surface area contributed by atoms with Gasteiger partial charge in [-0.25, -0.2) is 0 Å². The molecule has 3 heteroatoms. The van der Waals surface area contributed by atoms with Crippen LogP contribution in [0, 0.1) is 6.92 Å². The van der Waals surface area contributed by atoms with E-state index in [0.717, 1.165) is 22.8 Å². The topological polar surface area (TPSA) is 31.4 Å². The zero-order valence-electron chi connectivity index (χ0n) is 11.1. The van der Waals surface area contributed by atoms with E-state index in [2.05, 4.69) is 11.6 Å². The Kier molecular flexibility index (Phi) is 5.88. The second-order valence-electron chi connectivity index (χ2n) is 3.74. The lowest BCUT2D eigenvalue weighted by Gasteiger charge is -2.09. The summed E-state index contributed by atoms with van der Waals surface area (Å²) in [5.74, 6) is 1.50. The van der Waals surface area contributed by atoms with Crippen LogP contribution in [0.1, 0.15) is 12.6 Å². The summed E-state index contributed by atoms with van der Waals surface area (Å²) in [6, 6.07) is 3.74. The molecule has 0 unspecified atom stereocenters. The molecule has 0 amide bonds. The maximum absolute atomic E-state index is 5.79. The lowest BCUT2D eigenvalue weighted by Crippen LogP contribution is -1.98. The molecule has 1 aromatic rings. The third-order valence-corrected chi connectivity index (χ3v) is 2.37. The molecule has 0 N–H and O–H groups in total. The standard InChI is InChI=1S/C15H19NO2/c1-5-13(11-17-4)10-14(6-2)18-15-8-7-9-16-12(15)3/h5-10H,1,11H2,2-4H3/b13-10+,14-6+. The molecular formula is C15H19NO2. The first-order chi connectivity index (χ1) is 8.71. The Hall–Kier alpha value is -1.87. The average molecular weight is 245 g/mol. The van der Waals surface area contributed by atoms with Gasteiger partial charge in [0.25, 0.3) is 0 Å². The number of pyridine rings is 1. The van der Waals surface area contributed by atoms with Crippen molar-refractivity contribution in [2.24, 2.45) is 0 Å². The average Bonchev–Trinajstić information content (AvgIpc) is 2.39. The fourth-order valence-electron chi connectivity index (χ4n) is 1.38. The Morgan fingerprint density at radius 2 is 2.28 bits per heavy atom. The Morgan fingerprint density at radius 1 is 1.50 bits per heavy atom. The predicted molar refractivity (Wildman–Crippen MR) is 73.5 cm³/mol. The van der Waals surface area contributed by atoms with Crippen LogP contribution in [-0.2, 0) is 4.74 Å². The van der Waals surface area contributed by atoms with E-state index in [1.165, 1.54) is 0 Å². The van der Waals surface area contributed by atoms with Gasteiger partial charge in [0, 0.05) is 13.3 Å². The van der Waals surface area contributed by atoms with E-state index in [4.69, 9.17) is 9.47 Å². The van der Waals surface area contributed by atoms with E-state index < -0.39 is 0 Å². The normalized spacial score (nSPS) is 12.4. The van der Waals surface area contributed by atoms with Crippen molar-refractivity contribution in [3.63, 3.8) is 0 Å². The van der Waals surface area contributed by atoms with Crippen LogP contribution >= 0.6 is 0 Å². The smallest absolute Gasteiger partial charge is 0.148 e. The van der Waals surface area contributed by atoms with Gasteiger partial charge in [0.1, 0.15) is 11.5 Å². The largest absolute Gasteiger partial charge is 0.456 e. The van der Waals surface area contributed by atoms with E-state index in [-0.39, 0.29) is 0 Å². The van der Waals surface area contributed by atoms with Gasteiger partial charge in [0.05, 0.1) is 12.3 Å². The van der Waals surface area contributed by atoms with Gasteiger partial charge < -0.3 is 9.47 Å². The highest BCUT2D eigenvalue weighted by Crippen LogP contribution is 2.18. The van der Waals surface area contributed by atoms with E-state index in [0.29, 0.717) is 6.61 Å². The maximum Gasteiger partial charge on any atom is 0.148 e. The Labute approximate surface area is 108 Å². The second-order valence-corrected chi connectivity index (χ2v) is 3.74. The predicted octanol–water partition coefficient (Wildman–Crippen LogP) is 3.43. The number of allylic oxidation sites excluding steroid dienone is 2. The van der Waals surface area contributed by atoms with E-state index in [9.17, 15) is 0 Å². The van der Waals surface area contributed by atoms with E-state index in [1.807, 2.05) is 38.1 Å². The van der Waals surface area contributed by atoms with Crippen LogP contribution in [0.25, 0.3) is 0 Å². The monoisotopic (exact) mass is 245 g/mol. The summed E-state index contributed by atoms with van der Waals surface area (Å²) in [6.45, 7) is 8.09. The highest BCUT2D eigenvalue weighted by Gasteiger charge is 2.02. The zero-order chi connectivity index (χ0) is 13.4. The van der Waals surface area contributed by atoms with Crippen molar-refractivity contribution in [2.45, 2.75) is 13.8 Å². The summed E-state index contributed by atoms with van der Waals surface area (Å²) >= 11 is 0. The molecule has 0 atom stereocenters. The van der Waals surface area contributed by atoms with Crippen LogP contribution in [0.3, 0.4) is 0 Å². The van der Waals surface area contributed by atoms with Gasteiger partial charge in [-0.15, -0.1) is 0 Å². The number of hydrogen-bond donors (Lipinski definition) is 0. The van der Waals surface area contributed by atoms with E-state index >= 15 is 0 Å². The van der Waals surface area contributed by atoms with Crippen molar-refractivity contribution in [2.75, 3.05) is 13.7 Å². The van der Waals surface area contributed by atoms with Gasteiger partial charge in [-0.2, -0.15) is 0 Å². The molecule has 0 aromatic carbocycles. The highest BCUT2D eigenvalue weighted by molar-refractivity contribution is 5.32. The number of aromatic nitrogens is 1. The third-order valence-electron chi connectivity index (χ3n) is 2.37. The molecule has 0 aliphatic rings. The van der Waals surface area contributed by atoms with Crippen LogP contribution in [0.15, 0.2) is 54.5 Å². The summed E-state index contributed by atoms with van der Waals surface area (Å²) in [6.07, 6.45) is 7.30. The van der Waals surface area contributed by atoms with Gasteiger partial charge in [-0.1, -0.05) is 12.7 Å². The van der Waals surface area contributed by atoms with Crippen molar-refractivity contribution in [1.29, 1.82) is 0 Å². The molecule has 0 saturated heterocycles. The van der Waals surface area contributed by atoms with Crippen LogP contribution in [-0.4, -0.2) is 18.7 Å². The van der Waals surface area contributed by atoms with E-state index in [1.54, 1.807) is 19.4 Å². The Bertz CT molecular complexity index is 461. The molecule has 0 fully saturated rings. The Morgan fingerprint density at radius 3 is 2.83 bits per heavy atom. The minimum Gasteiger partial charge on any atom is -0.456 e. The van der Waals surface area contributed by atoms with Gasteiger partial charge in [0.2, 0.25) is 0 Å². The Balaban J connectivity index is 2.87. The number of nitrogens with zero attached hydrogens (tertiary/aromatic N) is 1. The first-order valence-electron chi connectivity index (χ1n) is 5.79. The number of ether oxygens (including phenoxy) is 2. The quantitative estimate of drug-likeness (QED) is 0.568. The van der Waals surface area contributed by atoms with Gasteiger partial charge in [0.15, 0.2) is 0 Å². The molecule has 18 heavy (non-hydrogen) atoms. The molecule has 0 bridgehead atoms. The van der Waals surface area contributed by atoms with Gasteiger partial charge in [-0.3, -0.25) is 4.98 Å². The summed E-state index contributed by atoms with van der Waals surface area (Å²) < 4.78 is 10.9. The highest BCUT2D eigenvalue weighted by atomic mass is 16.5. The summed E-state index contributed by atoms with van der Waals surface area (Å²) in [4.78, 5) is 4.18. The number of hydrogen-bond acceptors (Lipinski definition) is 3. The molecule has 1 aromatic heterocycles. The molecule has 0 aliphatic carbocycles. The van der Waals surface area contributed by atoms with Crippen LogP contribution in [0.5, 0.6) is 5.75 Å². The molecule has 96 valence electrons.